The smallest absolute Gasteiger partial charge is 0.387 e. The molecule has 0 unspecified atom stereocenters. The van der Waals surface area contributed by atoms with E-state index in [-0.39, 0.29) is 28.6 Å². The summed E-state index contributed by atoms with van der Waals surface area (Å²) in [4.78, 5) is 32.2. The minimum Gasteiger partial charge on any atom is -0.465 e. The predicted octanol–water partition coefficient (Wildman–Crippen LogP) is 5.44. The monoisotopic (exact) mass is 527 g/mol. The van der Waals surface area contributed by atoms with Crippen molar-refractivity contribution in [3.8, 4) is 5.75 Å². The van der Waals surface area contributed by atoms with E-state index in [2.05, 4.69) is 15.0 Å². The van der Waals surface area contributed by atoms with Gasteiger partial charge in [0.2, 0.25) is 5.91 Å². The Kier molecular flexibility index (Phi) is 6.30. The molecule has 4 saturated carbocycles. The summed E-state index contributed by atoms with van der Waals surface area (Å²) in [5.41, 5.74) is 0.499. The van der Waals surface area contributed by atoms with Crippen LogP contribution in [0.5, 0.6) is 5.75 Å². The average Bonchev–Trinajstić information content (AvgIpc) is 3.45. The Labute approximate surface area is 217 Å². The van der Waals surface area contributed by atoms with E-state index in [1.54, 1.807) is 12.1 Å². The van der Waals surface area contributed by atoms with Crippen LogP contribution in [-0.4, -0.2) is 34.9 Å². The second-order valence-electron chi connectivity index (χ2n) is 10.5. The maximum atomic E-state index is 13.3. The molecule has 0 radical (unpaired) electrons. The molecule has 194 valence electrons. The van der Waals surface area contributed by atoms with E-state index in [1.165, 1.54) is 72.5 Å². The van der Waals surface area contributed by atoms with Crippen LogP contribution >= 0.6 is 11.8 Å². The zero-order valence-corrected chi connectivity index (χ0v) is 20.9. The van der Waals surface area contributed by atoms with Gasteiger partial charge in [-0.3, -0.25) is 14.5 Å². The van der Waals surface area contributed by atoms with Gasteiger partial charge in [0.25, 0.3) is 5.91 Å². The highest BCUT2D eigenvalue weighted by molar-refractivity contribution is 8.14. The summed E-state index contributed by atoms with van der Waals surface area (Å²) in [6, 6.07) is 9.17. The highest BCUT2D eigenvalue weighted by Crippen LogP contribution is 2.55. The third-order valence-corrected chi connectivity index (χ3v) is 8.69. The van der Waals surface area contributed by atoms with E-state index >= 15 is 0 Å². The summed E-state index contributed by atoms with van der Waals surface area (Å²) in [5.74, 6) is 2.27. The van der Waals surface area contributed by atoms with Gasteiger partial charge in [-0.25, -0.2) is 4.99 Å². The first-order chi connectivity index (χ1) is 17.9. The number of nitrogens with one attached hydrogen (secondary N) is 1. The minimum atomic E-state index is -2.94. The lowest BCUT2D eigenvalue weighted by molar-refractivity contribution is -0.124. The molecule has 37 heavy (non-hydrogen) atoms. The summed E-state index contributed by atoms with van der Waals surface area (Å²) >= 11 is 1.18. The van der Waals surface area contributed by atoms with Gasteiger partial charge in [0.1, 0.15) is 17.2 Å². The van der Waals surface area contributed by atoms with Crippen molar-refractivity contribution < 1.29 is 27.5 Å². The van der Waals surface area contributed by atoms with Crippen molar-refractivity contribution in [1.29, 1.82) is 0 Å². The molecule has 2 amide bonds. The first-order valence-electron chi connectivity index (χ1n) is 12.5. The normalized spacial score (nSPS) is 29.3. The van der Waals surface area contributed by atoms with Crippen molar-refractivity contribution in [2.45, 2.75) is 50.7 Å². The fourth-order valence-electron chi connectivity index (χ4n) is 6.83. The van der Waals surface area contributed by atoms with Gasteiger partial charge in [0.15, 0.2) is 5.17 Å². The molecule has 0 spiro atoms. The van der Waals surface area contributed by atoms with Crippen LogP contribution in [0.1, 0.15) is 44.3 Å². The Balaban J connectivity index is 1.19. The number of amides is 2. The van der Waals surface area contributed by atoms with Crippen LogP contribution < -0.4 is 15.0 Å². The fraction of sp³-hybridized carbons (Fsp3) is 0.444. The Morgan fingerprint density at radius 2 is 1.84 bits per heavy atom. The van der Waals surface area contributed by atoms with Gasteiger partial charge in [-0.2, -0.15) is 8.78 Å². The van der Waals surface area contributed by atoms with Gasteiger partial charge in [0, 0.05) is 11.6 Å². The van der Waals surface area contributed by atoms with E-state index in [4.69, 9.17) is 4.42 Å². The lowest BCUT2D eigenvalue weighted by Gasteiger charge is -2.56. The van der Waals surface area contributed by atoms with Crippen LogP contribution in [0.4, 0.5) is 14.5 Å². The number of thioether (sulfide) groups is 1. The minimum absolute atomic E-state index is 0.0159. The van der Waals surface area contributed by atoms with Crippen molar-refractivity contribution in [3.05, 3.63) is 54.1 Å². The molecule has 2 aromatic rings. The molecule has 4 bridgehead atoms. The molecular formula is C27H27F2N3O4S. The highest BCUT2D eigenvalue weighted by Gasteiger charge is 2.51. The number of ether oxygens (including phenoxy) is 1. The number of alkyl halides is 2. The van der Waals surface area contributed by atoms with Gasteiger partial charge in [-0.15, -0.1) is 0 Å². The van der Waals surface area contributed by atoms with E-state index in [9.17, 15) is 18.4 Å². The number of hydrogen-bond acceptors (Lipinski definition) is 6. The summed E-state index contributed by atoms with van der Waals surface area (Å²) < 4.78 is 34.9. The van der Waals surface area contributed by atoms with Crippen LogP contribution in [0.15, 0.2) is 57.8 Å². The Bertz CT molecular complexity index is 1210. The fourth-order valence-corrected chi connectivity index (χ4v) is 7.64. The van der Waals surface area contributed by atoms with Gasteiger partial charge in [-0.05, 0) is 92.7 Å². The SMILES string of the molecule is O=C(CSC1=N/C(=C\c2ccco2)C(=O)N1c1ccc(OC(F)F)cc1)NC12CC3CC(CC(C3)C1)C2. The number of furan rings is 1. The second-order valence-corrected chi connectivity index (χ2v) is 11.4. The summed E-state index contributed by atoms with van der Waals surface area (Å²) in [5, 5.41) is 3.69. The first-order valence-corrected chi connectivity index (χ1v) is 13.5. The number of carbonyl (C=O) groups excluding carboxylic acids is 2. The summed E-state index contributed by atoms with van der Waals surface area (Å²) in [6.45, 7) is -2.94. The van der Waals surface area contributed by atoms with Gasteiger partial charge >= 0.3 is 6.61 Å². The number of carbonyl (C=O) groups is 2. The molecule has 0 atom stereocenters. The van der Waals surface area contributed by atoms with Crippen molar-refractivity contribution in [3.63, 3.8) is 0 Å². The van der Waals surface area contributed by atoms with Crippen molar-refractivity contribution in [2.75, 3.05) is 10.7 Å². The van der Waals surface area contributed by atoms with Gasteiger partial charge in [0.05, 0.1) is 17.7 Å². The first kappa shape index (κ1) is 24.2. The Morgan fingerprint density at radius 1 is 1.16 bits per heavy atom. The van der Waals surface area contributed by atoms with E-state index < -0.39 is 12.5 Å². The number of aliphatic imine (C=N–C) groups is 1. The molecule has 1 aromatic carbocycles. The zero-order chi connectivity index (χ0) is 25.6. The lowest BCUT2D eigenvalue weighted by Crippen LogP contribution is -2.60. The average molecular weight is 528 g/mol. The van der Waals surface area contributed by atoms with E-state index in [0.29, 0.717) is 16.6 Å². The molecule has 4 aliphatic carbocycles. The van der Waals surface area contributed by atoms with E-state index in [1.807, 2.05) is 0 Å². The standard InChI is InChI=1S/C27H27F2N3O4S/c28-25(29)36-20-5-3-19(4-6-20)32-24(34)22(11-21-2-1-7-35-21)30-26(32)37-15-23(33)31-27-12-16-8-17(13-27)10-18(9-16)14-27/h1-7,11,16-18,25H,8-10,12-15H2,(H,31,33)/b22-11-. The van der Waals surface area contributed by atoms with Crippen LogP contribution in [0, 0.1) is 17.8 Å². The second kappa shape index (κ2) is 9.63. The van der Waals surface area contributed by atoms with Crippen LogP contribution in [0.25, 0.3) is 6.08 Å². The maximum Gasteiger partial charge on any atom is 0.387 e. The summed E-state index contributed by atoms with van der Waals surface area (Å²) in [7, 11) is 0. The number of rotatable bonds is 7. The number of benzene rings is 1. The number of amidine groups is 1. The zero-order valence-electron chi connectivity index (χ0n) is 20.1. The highest BCUT2D eigenvalue weighted by atomic mass is 32.2. The van der Waals surface area contributed by atoms with Gasteiger partial charge in [-0.1, -0.05) is 11.8 Å². The molecule has 1 aliphatic heterocycles. The largest absolute Gasteiger partial charge is 0.465 e. The number of anilines is 1. The van der Waals surface area contributed by atoms with Crippen molar-refractivity contribution in [1.82, 2.24) is 5.32 Å². The number of nitrogens with zero attached hydrogens (tertiary/aromatic N) is 2. The quantitative estimate of drug-likeness (QED) is 0.485. The van der Waals surface area contributed by atoms with Crippen LogP contribution in [0.3, 0.4) is 0 Å². The van der Waals surface area contributed by atoms with Crippen LogP contribution in [0.2, 0.25) is 0 Å². The molecule has 2 heterocycles. The Morgan fingerprint density at radius 3 is 2.43 bits per heavy atom. The molecule has 10 heteroatoms. The third-order valence-electron chi connectivity index (χ3n) is 7.75. The molecule has 7 nitrogen and oxygen atoms in total. The lowest BCUT2D eigenvalue weighted by atomic mass is 9.53. The predicted molar refractivity (Wildman–Crippen MR) is 136 cm³/mol. The van der Waals surface area contributed by atoms with Crippen molar-refractivity contribution in [2.24, 2.45) is 22.7 Å². The Hall–Kier alpha value is -3.14. The van der Waals surface area contributed by atoms with E-state index in [0.717, 1.165) is 37.0 Å². The molecule has 5 aliphatic rings. The van der Waals surface area contributed by atoms with Gasteiger partial charge < -0.3 is 14.5 Å². The molecule has 0 saturated heterocycles. The summed E-state index contributed by atoms with van der Waals surface area (Å²) in [6.07, 6.45) is 10.1. The molecular weight excluding hydrogens is 500 g/mol. The van der Waals surface area contributed by atoms with Crippen LogP contribution in [-0.2, 0) is 9.59 Å². The molecule has 4 fully saturated rings. The molecule has 1 N–H and O–H groups in total. The number of halogens is 2. The van der Waals surface area contributed by atoms with Crippen molar-refractivity contribution >= 4 is 40.5 Å². The molecule has 7 rings (SSSR count). The molecule has 1 aromatic heterocycles. The maximum absolute atomic E-state index is 13.3. The topological polar surface area (TPSA) is 84.1 Å². The number of hydrogen-bond donors (Lipinski definition) is 1. The third kappa shape index (κ3) is 5.03.